The summed E-state index contributed by atoms with van der Waals surface area (Å²) < 4.78 is 1.85. The number of aryl methyl sites for hydroxylation is 1. The molecule has 0 spiro atoms. The van der Waals surface area contributed by atoms with Crippen molar-refractivity contribution in [2.75, 3.05) is 17.6 Å². The van der Waals surface area contributed by atoms with E-state index in [1.54, 1.807) is 12.3 Å². The van der Waals surface area contributed by atoms with Crippen molar-refractivity contribution < 1.29 is 0 Å². The van der Waals surface area contributed by atoms with E-state index in [0.717, 1.165) is 33.3 Å². The van der Waals surface area contributed by atoms with Gasteiger partial charge in [-0.1, -0.05) is 23.7 Å². The van der Waals surface area contributed by atoms with Gasteiger partial charge >= 0.3 is 0 Å². The zero-order chi connectivity index (χ0) is 24.5. The lowest BCUT2D eigenvalue weighted by atomic mass is 9.96. The minimum atomic E-state index is 0.262. The molecule has 3 heterocycles. The van der Waals surface area contributed by atoms with Crippen molar-refractivity contribution in [1.29, 1.82) is 5.26 Å². The van der Waals surface area contributed by atoms with E-state index in [4.69, 9.17) is 27.3 Å². The van der Waals surface area contributed by atoms with Gasteiger partial charge in [-0.25, -0.2) is 9.97 Å². The van der Waals surface area contributed by atoms with Crippen molar-refractivity contribution in [2.45, 2.75) is 20.4 Å². The summed E-state index contributed by atoms with van der Waals surface area (Å²) in [6.07, 6.45) is 3.63. The van der Waals surface area contributed by atoms with Crippen LogP contribution >= 0.6 is 11.6 Å². The van der Waals surface area contributed by atoms with Gasteiger partial charge in [0.2, 0.25) is 0 Å². The topological polar surface area (TPSA) is 134 Å². The zero-order valence-electron chi connectivity index (χ0n) is 19.2. The number of benzene rings is 2. The van der Waals surface area contributed by atoms with Crippen molar-refractivity contribution >= 4 is 34.1 Å². The highest BCUT2D eigenvalue weighted by molar-refractivity contribution is 6.35. The zero-order valence-corrected chi connectivity index (χ0v) is 19.9. The van der Waals surface area contributed by atoms with Gasteiger partial charge in [-0.15, -0.1) is 0 Å². The van der Waals surface area contributed by atoms with Gasteiger partial charge in [-0.2, -0.15) is 15.5 Å². The molecule has 0 unspecified atom stereocenters. The molecule has 0 bridgehead atoms. The van der Waals surface area contributed by atoms with Crippen LogP contribution in [0.5, 0.6) is 0 Å². The fraction of sp³-hybridized carbons (Fsp3) is 0.160. The Morgan fingerprint density at radius 2 is 2.03 bits per heavy atom. The summed E-state index contributed by atoms with van der Waals surface area (Å²) in [6, 6.07) is 13.5. The van der Waals surface area contributed by atoms with Gasteiger partial charge in [0.05, 0.1) is 52.0 Å². The van der Waals surface area contributed by atoms with Gasteiger partial charge in [0.25, 0.3) is 0 Å². The molecule has 9 nitrogen and oxygen atoms in total. The van der Waals surface area contributed by atoms with Gasteiger partial charge in [0, 0.05) is 29.3 Å². The third kappa shape index (κ3) is 4.27. The van der Waals surface area contributed by atoms with Crippen molar-refractivity contribution in [2.24, 2.45) is 0 Å². The molecule has 0 saturated carbocycles. The molecule has 10 heteroatoms. The molecule has 0 aliphatic rings. The van der Waals surface area contributed by atoms with Gasteiger partial charge in [-0.3, -0.25) is 9.78 Å². The molecule has 35 heavy (non-hydrogen) atoms. The molecule has 3 aromatic heterocycles. The lowest BCUT2D eigenvalue weighted by molar-refractivity contribution is 0.631. The summed E-state index contributed by atoms with van der Waals surface area (Å²) in [4.78, 5) is 9.62. The highest BCUT2D eigenvalue weighted by Gasteiger charge is 2.19. The fourth-order valence-electron chi connectivity index (χ4n) is 4.01. The first-order valence-corrected chi connectivity index (χ1v) is 11.4. The first-order chi connectivity index (χ1) is 16.9. The molecule has 0 radical (unpaired) electrons. The van der Waals surface area contributed by atoms with E-state index in [-0.39, 0.29) is 5.82 Å². The number of nitrogens with one attached hydrogen (secondary N) is 2. The summed E-state index contributed by atoms with van der Waals surface area (Å²) in [5.74, 6) is 0.725. The third-order valence-electron chi connectivity index (χ3n) is 5.81. The number of aromatic amines is 1. The fourth-order valence-corrected chi connectivity index (χ4v) is 4.28. The van der Waals surface area contributed by atoms with Crippen LogP contribution < -0.4 is 11.1 Å². The Morgan fingerprint density at radius 1 is 1.17 bits per heavy atom. The number of nitrogens with two attached hydrogens (primary N) is 1. The van der Waals surface area contributed by atoms with E-state index in [0.29, 0.717) is 40.9 Å². The summed E-state index contributed by atoms with van der Waals surface area (Å²) in [6.45, 7) is 5.04. The Hall–Kier alpha value is -4.42. The Morgan fingerprint density at radius 3 is 2.80 bits per heavy atom. The molecule has 0 saturated heterocycles. The first kappa shape index (κ1) is 22.4. The average molecular weight is 484 g/mol. The van der Waals surface area contributed by atoms with Gasteiger partial charge in [0.15, 0.2) is 11.6 Å². The molecule has 2 aromatic carbocycles. The van der Waals surface area contributed by atoms with E-state index in [2.05, 4.69) is 26.7 Å². The molecule has 4 N–H and O–H groups in total. The summed E-state index contributed by atoms with van der Waals surface area (Å²) in [7, 11) is 0. The molecular formula is C25H22ClN9. The van der Waals surface area contributed by atoms with Crippen LogP contribution in [0.1, 0.15) is 16.8 Å². The number of H-pyrrole nitrogens is 1. The molecular weight excluding hydrogens is 462 g/mol. The number of nitrogens with zero attached hydrogens (tertiary/aromatic N) is 6. The number of nitriles is 1. The third-order valence-corrected chi connectivity index (χ3v) is 6.11. The number of nitrogen functional groups attached to an aromatic ring is 1. The predicted molar refractivity (Wildman–Crippen MR) is 137 cm³/mol. The van der Waals surface area contributed by atoms with Crippen LogP contribution in [-0.2, 0) is 6.54 Å². The molecule has 0 aliphatic heterocycles. The van der Waals surface area contributed by atoms with Gasteiger partial charge in [-0.05, 0) is 43.7 Å². The maximum Gasteiger partial charge on any atom is 0.169 e. The van der Waals surface area contributed by atoms with E-state index in [9.17, 15) is 5.26 Å². The predicted octanol–water partition coefficient (Wildman–Crippen LogP) is 4.72. The number of anilines is 2. The maximum atomic E-state index is 9.54. The molecule has 174 valence electrons. The van der Waals surface area contributed by atoms with Crippen LogP contribution in [0.3, 0.4) is 0 Å². The second-order valence-corrected chi connectivity index (χ2v) is 8.59. The van der Waals surface area contributed by atoms with Crippen molar-refractivity contribution in [1.82, 2.24) is 29.9 Å². The lowest BCUT2D eigenvalue weighted by Crippen LogP contribution is -2.14. The van der Waals surface area contributed by atoms with Crippen LogP contribution in [0.15, 0.2) is 48.8 Å². The average Bonchev–Trinajstić information content (AvgIpc) is 3.49. The number of aromatic nitrogens is 6. The van der Waals surface area contributed by atoms with Crippen LogP contribution in [0.25, 0.3) is 33.4 Å². The number of fused-ring (bicyclic) bond motifs is 1. The van der Waals surface area contributed by atoms with Gasteiger partial charge < -0.3 is 11.1 Å². The smallest absolute Gasteiger partial charge is 0.169 e. The Bertz CT molecular complexity index is 1590. The molecule has 5 aromatic rings. The molecule has 0 aliphatic carbocycles. The van der Waals surface area contributed by atoms with Crippen molar-refractivity contribution in [3.05, 3.63) is 70.6 Å². The van der Waals surface area contributed by atoms with E-state index in [1.165, 1.54) is 0 Å². The number of halogens is 1. The highest BCUT2D eigenvalue weighted by atomic mass is 35.5. The number of hydrogen-bond donors (Lipinski definition) is 3. The van der Waals surface area contributed by atoms with Crippen LogP contribution in [0.4, 0.5) is 11.6 Å². The second-order valence-electron chi connectivity index (χ2n) is 8.18. The largest absolute Gasteiger partial charge is 0.381 e. The SMILES string of the molecule is Cc1ccn(CCNc2nc(-c3cc(Cl)c4[nH]ncc4c3)c(-c3cccc(C#N)c3C)nc2N)n1. The molecule has 0 fully saturated rings. The van der Waals surface area contributed by atoms with E-state index < -0.39 is 0 Å². The molecule has 5 rings (SSSR count). The van der Waals surface area contributed by atoms with Crippen LogP contribution in [0.2, 0.25) is 5.02 Å². The van der Waals surface area contributed by atoms with Crippen LogP contribution in [-0.4, -0.2) is 36.5 Å². The first-order valence-electron chi connectivity index (χ1n) is 11.0. The summed E-state index contributed by atoms with van der Waals surface area (Å²) >= 11 is 6.54. The number of rotatable bonds is 6. The van der Waals surface area contributed by atoms with Crippen LogP contribution in [0, 0.1) is 25.2 Å². The Kier molecular flexibility index (Phi) is 5.81. The van der Waals surface area contributed by atoms with E-state index >= 15 is 0 Å². The number of hydrogen-bond acceptors (Lipinski definition) is 7. The van der Waals surface area contributed by atoms with E-state index in [1.807, 2.05) is 55.1 Å². The van der Waals surface area contributed by atoms with Crippen molar-refractivity contribution in [3.8, 4) is 28.6 Å². The highest BCUT2D eigenvalue weighted by Crippen LogP contribution is 2.37. The Balaban J connectivity index is 1.62. The minimum absolute atomic E-state index is 0.262. The minimum Gasteiger partial charge on any atom is -0.381 e. The second kappa shape index (κ2) is 9.08. The standard InChI is InChI=1S/C25H22ClN9/c1-14-6-8-35(34-14)9-7-29-25-24(28)31-23(19-5-3-4-16(12-27)15(19)2)22(32-25)17-10-18-13-30-33-21(18)20(26)11-17/h3-6,8,10-11,13H,7,9H2,1-2H3,(H2,28,31)(H,29,32)(H,30,33). The Labute approximate surface area is 206 Å². The van der Waals surface area contributed by atoms with Gasteiger partial charge in [0.1, 0.15) is 0 Å². The quantitative estimate of drug-likeness (QED) is 0.318. The monoisotopic (exact) mass is 483 g/mol. The lowest BCUT2D eigenvalue weighted by Gasteiger charge is -2.16. The maximum absolute atomic E-state index is 9.54. The summed E-state index contributed by atoms with van der Waals surface area (Å²) in [5.41, 5.74) is 12.1. The normalized spacial score (nSPS) is 11.0. The van der Waals surface area contributed by atoms with Crippen molar-refractivity contribution in [3.63, 3.8) is 0 Å². The molecule has 0 amide bonds. The molecule has 0 atom stereocenters. The summed E-state index contributed by atoms with van der Waals surface area (Å²) in [5, 5.41) is 25.6.